The third-order valence-electron chi connectivity index (χ3n) is 5.55. The Morgan fingerprint density at radius 1 is 1.18 bits per heavy atom. The van der Waals surface area contributed by atoms with E-state index in [4.69, 9.17) is 4.74 Å². The standard InChI is InChI=1S/C22H23F3N6O2S/c1-12-4-5-17(13(2)27-12)33-18-10-16(22(23,24)25)11-26-20(18)29-21-28-19(30-34-21)15-6-8-31(9-7-15)14(3)32/h4-5,10-11,15H,6-9H2,1-3H3,(H,26,28,29,30). The van der Waals surface area contributed by atoms with Crippen LogP contribution in [0, 0.1) is 13.8 Å². The summed E-state index contributed by atoms with van der Waals surface area (Å²) in [5.74, 6) is 1.11. The van der Waals surface area contributed by atoms with Crippen molar-refractivity contribution >= 4 is 28.4 Å². The van der Waals surface area contributed by atoms with Gasteiger partial charge in [0.2, 0.25) is 11.0 Å². The van der Waals surface area contributed by atoms with Crippen molar-refractivity contribution < 1.29 is 22.7 Å². The van der Waals surface area contributed by atoms with E-state index in [9.17, 15) is 18.0 Å². The summed E-state index contributed by atoms with van der Waals surface area (Å²) in [6.07, 6.45) is -2.32. The molecule has 3 aromatic heterocycles. The molecule has 1 amide bonds. The van der Waals surface area contributed by atoms with Gasteiger partial charge in [0, 0.05) is 49.4 Å². The van der Waals surface area contributed by atoms with Crippen molar-refractivity contribution in [3.05, 3.63) is 47.2 Å². The summed E-state index contributed by atoms with van der Waals surface area (Å²) in [5, 5.41) is 3.33. The van der Waals surface area contributed by atoms with E-state index in [0.29, 0.717) is 35.5 Å². The lowest BCUT2D eigenvalue weighted by Crippen LogP contribution is -2.36. The Morgan fingerprint density at radius 2 is 1.91 bits per heavy atom. The molecule has 34 heavy (non-hydrogen) atoms. The maximum absolute atomic E-state index is 13.3. The van der Waals surface area contributed by atoms with Crippen molar-refractivity contribution in [2.24, 2.45) is 0 Å². The van der Waals surface area contributed by atoms with Gasteiger partial charge < -0.3 is 15.0 Å². The number of hydrogen-bond donors (Lipinski definition) is 1. The summed E-state index contributed by atoms with van der Waals surface area (Å²) in [6, 6.07) is 4.26. The second-order valence-electron chi connectivity index (χ2n) is 8.07. The molecular weight excluding hydrogens is 469 g/mol. The number of rotatable bonds is 5. The molecule has 1 fully saturated rings. The summed E-state index contributed by atoms with van der Waals surface area (Å²) in [6.45, 7) is 6.36. The molecule has 4 rings (SSSR count). The SMILES string of the molecule is CC(=O)N1CCC(c2nsc(Nc3ncc(C(F)(F)F)cc3Oc3ccc(C)nc3C)n2)CC1. The van der Waals surface area contributed by atoms with Gasteiger partial charge in [-0.3, -0.25) is 9.78 Å². The molecule has 0 spiro atoms. The fourth-order valence-corrected chi connectivity index (χ4v) is 4.32. The second-order valence-corrected chi connectivity index (χ2v) is 8.82. The first-order chi connectivity index (χ1) is 16.1. The molecule has 0 atom stereocenters. The Morgan fingerprint density at radius 3 is 2.56 bits per heavy atom. The molecule has 0 aromatic carbocycles. The van der Waals surface area contributed by atoms with E-state index in [1.54, 1.807) is 30.9 Å². The predicted molar refractivity (Wildman–Crippen MR) is 120 cm³/mol. The number of aryl methyl sites for hydroxylation is 2. The maximum Gasteiger partial charge on any atom is 0.418 e. The first-order valence-corrected chi connectivity index (χ1v) is 11.4. The Balaban J connectivity index is 1.56. The van der Waals surface area contributed by atoms with Crippen molar-refractivity contribution in [3.8, 4) is 11.5 Å². The van der Waals surface area contributed by atoms with Gasteiger partial charge in [0.25, 0.3) is 0 Å². The molecule has 0 radical (unpaired) electrons. The molecule has 0 unspecified atom stereocenters. The van der Waals surface area contributed by atoms with Crippen molar-refractivity contribution in [2.45, 2.75) is 45.7 Å². The zero-order valence-electron chi connectivity index (χ0n) is 18.8. The van der Waals surface area contributed by atoms with Gasteiger partial charge in [-0.15, -0.1) is 0 Å². The van der Waals surface area contributed by atoms with E-state index in [1.807, 2.05) is 6.92 Å². The zero-order chi connectivity index (χ0) is 24.5. The quantitative estimate of drug-likeness (QED) is 0.522. The van der Waals surface area contributed by atoms with Crippen molar-refractivity contribution in [1.29, 1.82) is 0 Å². The molecule has 0 aliphatic carbocycles. The lowest BCUT2D eigenvalue weighted by molar-refractivity contribution is -0.138. The van der Waals surface area contributed by atoms with Crippen LogP contribution in [-0.4, -0.2) is 43.2 Å². The highest BCUT2D eigenvalue weighted by molar-refractivity contribution is 7.09. The molecular formula is C22H23F3N6O2S. The second kappa shape index (κ2) is 9.53. The first-order valence-electron chi connectivity index (χ1n) is 10.7. The van der Waals surface area contributed by atoms with E-state index in [-0.39, 0.29) is 23.4 Å². The summed E-state index contributed by atoms with van der Waals surface area (Å²) in [4.78, 5) is 26.1. The highest BCUT2D eigenvalue weighted by Crippen LogP contribution is 2.38. The van der Waals surface area contributed by atoms with Crippen LogP contribution in [0.4, 0.5) is 24.1 Å². The van der Waals surface area contributed by atoms with Gasteiger partial charge in [-0.05, 0) is 44.9 Å². The van der Waals surface area contributed by atoms with Crippen LogP contribution in [0.25, 0.3) is 0 Å². The number of carbonyl (C=O) groups is 1. The minimum Gasteiger partial charge on any atom is -0.452 e. The van der Waals surface area contributed by atoms with Crippen LogP contribution < -0.4 is 10.1 Å². The Hall–Kier alpha value is -3.28. The van der Waals surface area contributed by atoms with Crippen LogP contribution >= 0.6 is 11.5 Å². The Bertz CT molecular complexity index is 1190. The number of nitrogens with zero attached hydrogens (tertiary/aromatic N) is 5. The molecule has 1 aliphatic rings. The summed E-state index contributed by atoms with van der Waals surface area (Å²) >= 11 is 1.09. The minimum atomic E-state index is -4.57. The smallest absolute Gasteiger partial charge is 0.418 e. The van der Waals surface area contributed by atoms with Gasteiger partial charge in [-0.25, -0.2) is 9.97 Å². The van der Waals surface area contributed by atoms with E-state index in [2.05, 4.69) is 24.6 Å². The number of aromatic nitrogens is 4. The van der Waals surface area contributed by atoms with Gasteiger partial charge in [0.1, 0.15) is 11.6 Å². The third kappa shape index (κ3) is 5.44. The number of nitrogens with one attached hydrogen (secondary N) is 1. The van der Waals surface area contributed by atoms with Crippen LogP contribution in [-0.2, 0) is 11.0 Å². The van der Waals surface area contributed by atoms with E-state index < -0.39 is 11.7 Å². The number of anilines is 2. The molecule has 1 N–H and O–H groups in total. The minimum absolute atomic E-state index is 0.0481. The van der Waals surface area contributed by atoms with Crippen molar-refractivity contribution in [3.63, 3.8) is 0 Å². The van der Waals surface area contributed by atoms with Crippen LogP contribution in [0.1, 0.15) is 48.5 Å². The first kappa shape index (κ1) is 23.9. The molecule has 8 nitrogen and oxygen atoms in total. The molecule has 12 heteroatoms. The van der Waals surface area contributed by atoms with Gasteiger partial charge >= 0.3 is 6.18 Å². The highest BCUT2D eigenvalue weighted by atomic mass is 32.1. The predicted octanol–water partition coefficient (Wildman–Crippen LogP) is 5.23. The number of likely N-dealkylation sites (tertiary alicyclic amines) is 1. The number of halogens is 3. The van der Waals surface area contributed by atoms with Gasteiger partial charge in [-0.1, -0.05) is 0 Å². The fourth-order valence-electron chi connectivity index (χ4n) is 3.68. The largest absolute Gasteiger partial charge is 0.452 e. The topological polar surface area (TPSA) is 93.1 Å². The molecule has 1 saturated heterocycles. The van der Waals surface area contributed by atoms with Gasteiger partial charge in [0.05, 0.1) is 11.3 Å². The number of carbonyl (C=O) groups excluding carboxylic acids is 1. The highest BCUT2D eigenvalue weighted by Gasteiger charge is 2.32. The zero-order valence-corrected chi connectivity index (χ0v) is 19.6. The Kier molecular flexibility index (Phi) is 6.69. The van der Waals surface area contributed by atoms with E-state index in [1.165, 1.54) is 0 Å². The van der Waals surface area contributed by atoms with E-state index >= 15 is 0 Å². The Labute approximate surface area is 198 Å². The summed E-state index contributed by atoms with van der Waals surface area (Å²) in [7, 11) is 0. The number of hydrogen-bond acceptors (Lipinski definition) is 8. The fraction of sp³-hybridized carbons (Fsp3) is 0.409. The molecule has 3 aromatic rings. The lowest BCUT2D eigenvalue weighted by atomic mass is 9.96. The maximum atomic E-state index is 13.3. The molecule has 1 aliphatic heterocycles. The number of amides is 1. The van der Waals surface area contributed by atoms with Crippen LogP contribution in [0.2, 0.25) is 0 Å². The van der Waals surface area contributed by atoms with Crippen LogP contribution in [0.15, 0.2) is 24.4 Å². The van der Waals surface area contributed by atoms with Gasteiger partial charge in [-0.2, -0.15) is 17.5 Å². The molecule has 4 heterocycles. The average Bonchev–Trinajstić information content (AvgIpc) is 3.24. The average molecular weight is 493 g/mol. The summed E-state index contributed by atoms with van der Waals surface area (Å²) in [5.41, 5.74) is 0.375. The molecule has 180 valence electrons. The lowest BCUT2D eigenvalue weighted by Gasteiger charge is -2.29. The van der Waals surface area contributed by atoms with Crippen molar-refractivity contribution in [1.82, 2.24) is 24.2 Å². The number of alkyl halides is 3. The van der Waals surface area contributed by atoms with Crippen LogP contribution in [0.3, 0.4) is 0 Å². The number of piperidine rings is 1. The number of pyridine rings is 2. The molecule has 0 bridgehead atoms. The third-order valence-corrected chi connectivity index (χ3v) is 6.19. The van der Waals surface area contributed by atoms with Crippen molar-refractivity contribution in [2.75, 3.05) is 18.4 Å². The monoisotopic (exact) mass is 492 g/mol. The normalized spacial score (nSPS) is 14.8. The molecule has 0 saturated carbocycles. The van der Waals surface area contributed by atoms with Gasteiger partial charge in [0.15, 0.2) is 11.6 Å². The van der Waals surface area contributed by atoms with E-state index in [0.717, 1.165) is 42.3 Å². The van der Waals surface area contributed by atoms with Crippen LogP contribution in [0.5, 0.6) is 11.5 Å². The summed E-state index contributed by atoms with van der Waals surface area (Å²) < 4.78 is 50.1. The number of ether oxygens (including phenoxy) is 1.